The molecule has 0 unspecified atom stereocenters. The molecule has 2 N–H and O–H groups in total. The van der Waals surface area contributed by atoms with Gasteiger partial charge in [-0.2, -0.15) is 0 Å². The van der Waals surface area contributed by atoms with Crippen LogP contribution in [0.5, 0.6) is 0 Å². The molecule has 0 aliphatic rings. The van der Waals surface area contributed by atoms with E-state index in [0.717, 1.165) is 6.54 Å². The molecule has 0 saturated carbocycles. The highest BCUT2D eigenvalue weighted by atomic mass is 35.5. The predicted molar refractivity (Wildman–Crippen MR) is 114 cm³/mol. The highest BCUT2D eigenvalue weighted by molar-refractivity contribution is 7.09. The lowest BCUT2D eigenvalue weighted by atomic mass is 10.3. The van der Waals surface area contributed by atoms with Crippen LogP contribution in [0.3, 0.4) is 0 Å². The number of nitrogens with one attached hydrogen (secondary N) is 2. The highest BCUT2D eigenvalue weighted by Crippen LogP contribution is 2.18. The van der Waals surface area contributed by atoms with Gasteiger partial charge in [-0.3, -0.25) is 4.79 Å². The SMILES string of the molecule is CC(C)N(Cc1nc(C(=O)NCCN(C)C)cs1)C(=O)Nc1cccc(Cl)c1. The van der Waals surface area contributed by atoms with E-state index in [4.69, 9.17) is 11.6 Å². The second-order valence-electron chi connectivity index (χ2n) is 6.85. The Bertz CT molecular complexity index is 809. The summed E-state index contributed by atoms with van der Waals surface area (Å²) in [5.41, 5.74) is 1.00. The number of benzene rings is 1. The molecule has 0 bridgehead atoms. The Kier molecular flexibility index (Phi) is 8.22. The van der Waals surface area contributed by atoms with Crippen molar-refractivity contribution in [3.63, 3.8) is 0 Å². The summed E-state index contributed by atoms with van der Waals surface area (Å²) in [6.45, 7) is 5.49. The summed E-state index contributed by atoms with van der Waals surface area (Å²) in [5, 5.41) is 8.66. The number of likely N-dealkylation sites (N-methyl/N-ethyl adjacent to an activating group) is 1. The largest absolute Gasteiger partial charge is 0.349 e. The van der Waals surface area contributed by atoms with Gasteiger partial charge in [-0.15, -0.1) is 11.3 Å². The number of amides is 3. The Labute approximate surface area is 174 Å². The molecule has 0 radical (unpaired) electrons. The standard InChI is InChI=1S/C19H26ClN5O2S/c1-13(2)25(19(27)22-15-7-5-6-14(20)10-15)11-17-23-16(12-28-17)18(26)21-8-9-24(3)4/h5-7,10,12-13H,8-9,11H2,1-4H3,(H,21,26)(H,22,27). The van der Waals surface area contributed by atoms with Crippen molar-refractivity contribution < 1.29 is 9.59 Å². The molecular weight excluding hydrogens is 398 g/mol. The Morgan fingerprint density at radius 1 is 1.29 bits per heavy atom. The Balaban J connectivity index is 1.99. The van der Waals surface area contributed by atoms with Crippen molar-refractivity contribution in [2.75, 3.05) is 32.5 Å². The minimum atomic E-state index is -0.246. The molecule has 152 valence electrons. The van der Waals surface area contributed by atoms with E-state index in [1.807, 2.05) is 32.8 Å². The number of nitrogens with zero attached hydrogens (tertiary/aromatic N) is 3. The lowest BCUT2D eigenvalue weighted by Gasteiger charge is -2.26. The number of rotatable bonds is 8. The average Bonchev–Trinajstić information content (AvgIpc) is 3.07. The summed E-state index contributed by atoms with van der Waals surface area (Å²) < 4.78 is 0. The maximum Gasteiger partial charge on any atom is 0.322 e. The minimum absolute atomic E-state index is 0.0412. The lowest BCUT2D eigenvalue weighted by Crippen LogP contribution is -2.39. The van der Waals surface area contributed by atoms with E-state index < -0.39 is 0 Å². The summed E-state index contributed by atoms with van der Waals surface area (Å²) in [7, 11) is 3.89. The molecule has 1 heterocycles. The predicted octanol–water partition coefficient (Wildman–Crippen LogP) is 3.53. The summed E-state index contributed by atoms with van der Waals surface area (Å²) in [5.74, 6) is -0.205. The normalized spacial score (nSPS) is 11.0. The van der Waals surface area contributed by atoms with Crippen LogP contribution in [0, 0.1) is 0 Å². The second-order valence-corrected chi connectivity index (χ2v) is 8.23. The quantitative estimate of drug-likeness (QED) is 0.680. The van der Waals surface area contributed by atoms with Gasteiger partial charge in [0, 0.05) is 35.2 Å². The van der Waals surface area contributed by atoms with Gasteiger partial charge in [0.1, 0.15) is 10.7 Å². The van der Waals surface area contributed by atoms with Gasteiger partial charge in [-0.25, -0.2) is 9.78 Å². The van der Waals surface area contributed by atoms with Crippen LogP contribution in [0.2, 0.25) is 5.02 Å². The number of urea groups is 1. The minimum Gasteiger partial charge on any atom is -0.349 e. The fraction of sp³-hybridized carbons (Fsp3) is 0.421. The lowest BCUT2D eigenvalue weighted by molar-refractivity contribution is 0.0946. The van der Waals surface area contributed by atoms with Crippen molar-refractivity contribution in [2.24, 2.45) is 0 Å². The zero-order valence-corrected chi connectivity index (χ0v) is 18.1. The summed E-state index contributed by atoms with van der Waals surface area (Å²) in [6.07, 6.45) is 0. The van der Waals surface area contributed by atoms with Crippen LogP contribution in [-0.4, -0.2) is 59.9 Å². The van der Waals surface area contributed by atoms with E-state index in [2.05, 4.69) is 15.6 Å². The summed E-state index contributed by atoms with van der Waals surface area (Å²) in [6, 6.07) is 6.71. The van der Waals surface area contributed by atoms with Crippen LogP contribution >= 0.6 is 22.9 Å². The van der Waals surface area contributed by atoms with Crippen LogP contribution in [0.15, 0.2) is 29.6 Å². The molecule has 0 fully saturated rings. The highest BCUT2D eigenvalue weighted by Gasteiger charge is 2.20. The van der Waals surface area contributed by atoms with Crippen LogP contribution in [-0.2, 0) is 6.54 Å². The fourth-order valence-corrected chi connectivity index (χ4v) is 3.33. The van der Waals surface area contributed by atoms with E-state index in [-0.39, 0.29) is 18.0 Å². The third kappa shape index (κ3) is 6.78. The van der Waals surface area contributed by atoms with Crippen molar-refractivity contribution in [1.82, 2.24) is 20.1 Å². The van der Waals surface area contributed by atoms with Crippen LogP contribution in [0.25, 0.3) is 0 Å². The van der Waals surface area contributed by atoms with Gasteiger partial charge in [0.2, 0.25) is 0 Å². The molecule has 2 rings (SSSR count). The maximum atomic E-state index is 12.7. The molecule has 7 nitrogen and oxygen atoms in total. The Morgan fingerprint density at radius 3 is 2.68 bits per heavy atom. The number of halogens is 1. The van der Waals surface area contributed by atoms with Gasteiger partial charge >= 0.3 is 6.03 Å². The van der Waals surface area contributed by atoms with Crippen molar-refractivity contribution in [3.05, 3.63) is 45.4 Å². The molecule has 28 heavy (non-hydrogen) atoms. The first-order valence-electron chi connectivity index (χ1n) is 8.96. The number of carbonyl (C=O) groups excluding carboxylic acids is 2. The number of carbonyl (C=O) groups is 2. The molecule has 1 aromatic heterocycles. The van der Waals surface area contributed by atoms with E-state index in [1.54, 1.807) is 34.5 Å². The third-order valence-corrected chi connectivity index (χ3v) is 4.96. The molecule has 0 atom stereocenters. The van der Waals surface area contributed by atoms with E-state index in [1.165, 1.54) is 11.3 Å². The second kappa shape index (κ2) is 10.4. The molecule has 0 aliphatic heterocycles. The smallest absolute Gasteiger partial charge is 0.322 e. The Morgan fingerprint density at radius 2 is 2.04 bits per heavy atom. The average molecular weight is 424 g/mol. The molecule has 0 saturated heterocycles. The van der Waals surface area contributed by atoms with Gasteiger partial charge in [0.25, 0.3) is 5.91 Å². The number of hydrogen-bond donors (Lipinski definition) is 2. The zero-order chi connectivity index (χ0) is 20.7. The Hall–Kier alpha value is -2.16. The fourth-order valence-electron chi connectivity index (χ4n) is 2.37. The number of thiazole rings is 1. The van der Waals surface area contributed by atoms with Crippen molar-refractivity contribution in [1.29, 1.82) is 0 Å². The van der Waals surface area contributed by atoms with E-state index >= 15 is 0 Å². The first-order chi connectivity index (χ1) is 13.3. The maximum absolute atomic E-state index is 12.7. The van der Waals surface area contributed by atoms with Crippen LogP contribution in [0.4, 0.5) is 10.5 Å². The van der Waals surface area contributed by atoms with Crippen LogP contribution < -0.4 is 10.6 Å². The van der Waals surface area contributed by atoms with Crippen LogP contribution in [0.1, 0.15) is 29.3 Å². The molecule has 0 spiro atoms. The van der Waals surface area contributed by atoms with Gasteiger partial charge in [-0.05, 0) is 46.1 Å². The molecular formula is C19H26ClN5O2S. The number of hydrogen-bond acceptors (Lipinski definition) is 5. The van der Waals surface area contributed by atoms with Gasteiger partial charge in [0.15, 0.2) is 0 Å². The van der Waals surface area contributed by atoms with Gasteiger partial charge < -0.3 is 20.4 Å². The van der Waals surface area contributed by atoms with Crippen molar-refractivity contribution in [2.45, 2.75) is 26.4 Å². The first-order valence-corrected chi connectivity index (χ1v) is 10.2. The number of anilines is 1. The van der Waals surface area contributed by atoms with Crippen molar-refractivity contribution in [3.8, 4) is 0 Å². The third-order valence-electron chi connectivity index (χ3n) is 3.89. The summed E-state index contributed by atoms with van der Waals surface area (Å²) in [4.78, 5) is 32.9. The molecule has 0 aliphatic carbocycles. The van der Waals surface area contributed by atoms with E-state index in [0.29, 0.717) is 34.5 Å². The summed E-state index contributed by atoms with van der Waals surface area (Å²) >= 11 is 7.34. The van der Waals surface area contributed by atoms with Gasteiger partial charge in [0.05, 0.1) is 6.54 Å². The molecule has 9 heteroatoms. The van der Waals surface area contributed by atoms with Crippen molar-refractivity contribution >= 4 is 40.6 Å². The van der Waals surface area contributed by atoms with Gasteiger partial charge in [-0.1, -0.05) is 17.7 Å². The monoisotopic (exact) mass is 423 g/mol. The number of aromatic nitrogens is 1. The first kappa shape index (κ1) is 22.1. The molecule has 3 amide bonds. The van der Waals surface area contributed by atoms with E-state index in [9.17, 15) is 9.59 Å². The zero-order valence-electron chi connectivity index (χ0n) is 16.5. The molecule has 1 aromatic carbocycles. The molecule has 2 aromatic rings. The topological polar surface area (TPSA) is 77.6 Å².